The fraction of sp³-hybridized carbons (Fsp3) is 0.158. The van der Waals surface area contributed by atoms with Crippen LogP contribution in [-0.2, 0) is 6.54 Å². The maximum absolute atomic E-state index is 13.4. The number of thiazole rings is 1. The van der Waals surface area contributed by atoms with Crippen LogP contribution >= 0.6 is 11.3 Å². The maximum atomic E-state index is 13.4. The van der Waals surface area contributed by atoms with E-state index in [1.54, 1.807) is 30.3 Å². The van der Waals surface area contributed by atoms with E-state index < -0.39 is 5.91 Å². The van der Waals surface area contributed by atoms with Crippen LogP contribution in [-0.4, -0.2) is 20.7 Å². The van der Waals surface area contributed by atoms with Gasteiger partial charge < -0.3 is 0 Å². The zero-order chi connectivity index (χ0) is 19.0. The number of carbonyl (C=O) groups excluding carboxylic acids is 1. The molecule has 4 rings (SSSR count). The number of aryl methyl sites for hydroxylation is 1. The molecule has 1 N–H and O–H groups in total. The lowest BCUT2D eigenvalue weighted by atomic mass is 10.1. The topological polar surface area (TPSA) is 76.9 Å². The third-order valence-corrected chi connectivity index (χ3v) is 5.02. The Balaban J connectivity index is 1.77. The van der Waals surface area contributed by atoms with Gasteiger partial charge in [-0.25, -0.2) is 14.1 Å². The summed E-state index contributed by atoms with van der Waals surface area (Å²) >= 11 is 1.18. The second kappa shape index (κ2) is 6.88. The molecule has 0 aliphatic rings. The molecular weight excluding hydrogens is 367 g/mol. The summed E-state index contributed by atoms with van der Waals surface area (Å²) in [5.74, 6) is -0.820. The van der Waals surface area contributed by atoms with E-state index in [-0.39, 0.29) is 17.1 Å². The summed E-state index contributed by atoms with van der Waals surface area (Å²) in [6, 6.07) is 11.1. The number of rotatable bonds is 4. The summed E-state index contributed by atoms with van der Waals surface area (Å²) in [4.78, 5) is 29.7. The smallest absolute Gasteiger partial charge is 0.278 e. The van der Waals surface area contributed by atoms with Crippen molar-refractivity contribution in [3.05, 3.63) is 64.3 Å². The first-order chi connectivity index (χ1) is 13.1. The van der Waals surface area contributed by atoms with Crippen LogP contribution in [0.4, 0.5) is 9.52 Å². The average molecular weight is 382 g/mol. The fourth-order valence-corrected chi connectivity index (χ4v) is 3.76. The minimum atomic E-state index is -0.462. The lowest BCUT2D eigenvalue weighted by Crippen LogP contribution is -2.27. The molecule has 0 aliphatic carbocycles. The summed E-state index contributed by atoms with van der Waals surface area (Å²) in [5, 5.41) is 8.25. The molecule has 0 atom stereocenters. The molecular formula is C19H15FN4O2S. The third kappa shape index (κ3) is 3.19. The van der Waals surface area contributed by atoms with Crippen LogP contribution in [0, 0.1) is 5.82 Å². The van der Waals surface area contributed by atoms with E-state index in [9.17, 15) is 14.0 Å². The molecule has 27 heavy (non-hydrogen) atoms. The Hall–Kier alpha value is -3.13. The van der Waals surface area contributed by atoms with Crippen molar-refractivity contribution in [1.82, 2.24) is 14.8 Å². The van der Waals surface area contributed by atoms with E-state index in [0.29, 0.717) is 32.7 Å². The van der Waals surface area contributed by atoms with Gasteiger partial charge in [0.25, 0.3) is 11.5 Å². The first-order valence-corrected chi connectivity index (χ1v) is 9.26. The number of hydrogen-bond donors (Lipinski definition) is 1. The van der Waals surface area contributed by atoms with Gasteiger partial charge in [0, 0.05) is 11.9 Å². The summed E-state index contributed by atoms with van der Waals surface area (Å²) in [6.45, 7) is 2.35. The quantitative estimate of drug-likeness (QED) is 0.582. The summed E-state index contributed by atoms with van der Waals surface area (Å²) < 4.78 is 15.3. The Morgan fingerprint density at radius 1 is 1.22 bits per heavy atom. The molecule has 8 heteroatoms. The second-order valence-electron chi connectivity index (χ2n) is 6.01. The SMILES string of the molecule is CCCn1nc(C(=O)Nc2nc3ccc(F)cc3s2)c2ccccc2c1=O. The van der Waals surface area contributed by atoms with E-state index >= 15 is 0 Å². The first-order valence-electron chi connectivity index (χ1n) is 8.44. The predicted octanol–water partition coefficient (Wildman–Crippen LogP) is 3.81. The Morgan fingerprint density at radius 2 is 2.00 bits per heavy atom. The molecule has 0 fully saturated rings. The van der Waals surface area contributed by atoms with Crippen molar-refractivity contribution >= 4 is 43.4 Å². The number of nitrogens with zero attached hydrogens (tertiary/aromatic N) is 3. The molecule has 1 amide bonds. The summed E-state index contributed by atoms with van der Waals surface area (Å²) in [6.07, 6.45) is 0.718. The standard InChI is InChI=1S/C19H15FN4O2S/c1-2-9-24-18(26)13-6-4-3-5-12(13)16(23-24)17(25)22-19-21-14-8-7-11(20)10-15(14)27-19/h3-8,10H,2,9H2,1H3,(H,21,22,25). The zero-order valence-electron chi connectivity index (χ0n) is 14.4. The van der Waals surface area contributed by atoms with Crippen LogP contribution in [0.15, 0.2) is 47.3 Å². The number of nitrogens with one attached hydrogen (secondary N) is 1. The summed E-state index contributed by atoms with van der Waals surface area (Å²) in [5.41, 5.74) is 0.536. The Kier molecular flexibility index (Phi) is 4.41. The number of hydrogen-bond acceptors (Lipinski definition) is 5. The van der Waals surface area contributed by atoms with Gasteiger partial charge in [-0.2, -0.15) is 5.10 Å². The lowest BCUT2D eigenvalue weighted by Gasteiger charge is -2.09. The van der Waals surface area contributed by atoms with E-state index in [1.165, 1.54) is 28.2 Å². The number of amides is 1. The van der Waals surface area contributed by atoms with Gasteiger partial charge in [0.2, 0.25) is 0 Å². The van der Waals surface area contributed by atoms with Gasteiger partial charge in [0.05, 0.1) is 15.6 Å². The minimum Gasteiger partial charge on any atom is -0.296 e. The highest BCUT2D eigenvalue weighted by Gasteiger charge is 2.18. The average Bonchev–Trinajstić information content (AvgIpc) is 3.05. The van der Waals surface area contributed by atoms with Crippen LogP contribution in [0.1, 0.15) is 23.8 Å². The molecule has 136 valence electrons. The Bertz CT molecular complexity index is 1230. The molecule has 0 spiro atoms. The second-order valence-corrected chi connectivity index (χ2v) is 7.04. The highest BCUT2D eigenvalue weighted by molar-refractivity contribution is 7.22. The third-order valence-electron chi connectivity index (χ3n) is 4.09. The van der Waals surface area contributed by atoms with Gasteiger partial charge >= 0.3 is 0 Å². The van der Waals surface area contributed by atoms with Crippen LogP contribution in [0.25, 0.3) is 21.0 Å². The van der Waals surface area contributed by atoms with Crippen molar-refractivity contribution in [1.29, 1.82) is 0 Å². The number of aromatic nitrogens is 3. The number of halogens is 1. The minimum absolute atomic E-state index is 0.157. The van der Waals surface area contributed by atoms with Crippen molar-refractivity contribution in [2.24, 2.45) is 0 Å². The molecule has 0 saturated carbocycles. The summed E-state index contributed by atoms with van der Waals surface area (Å²) in [7, 11) is 0. The van der Waals surface area contributed by atoms with Crippen molar-refractivity contribution < 1.29 is 9.18 Å². The molecule has 0 unspecified atom stereocenters. The van der Waals surface area contributed by atoms with Crippen LogP contribution < -0.4 is 10.9 Å². The molecule has 0 aliphatic heterocycles. The fourth-order valence-electron chi connectivity index (χ4n) is 2.87. The van der Waals surface area contributed by atoms with Gasteiger partial charge in [-0.3, -0.25) is 14.9 Å². The monoisotopic (exact) mass is 382 g/mol. The van der Waals surface area contributed by atoms with E-state index in [0.717, 1.165) is 6.42 Å². The van der Waals surface area contributed by atoms with E-state index in [1.807, 2.05) is 6.92 Å². The van der Waals surface area contributed by atoms with E-state index in [4.69, 9.17) is 0 Å². The number of fused-ring (bicyclic) bond motifs is 2. The van der Waals surface area contributed by atoms with Crippen molar-refractivity contribution in [2.45, 2.75) is 19.9 Å². The Morgan fingerprint density at radius 3 is 2.78 bits per heavy atom. The molecule has 0 radical (unpaired) electrons. The van der Waals surface area contributed by atoms with Crippen LogP contribution in [0.2, 0.25) is 0 Å². The predicted molar refractivity (Wildman–Crippen MR) is 104 cm³/mol. The number of carbonyl (C=O) groups is 1. The first kappa shape index (κ1) is 17.3. The normalized spacial score (nSPS) is 11.2. The van der Waals surface area contributed by atoms with E-state index in [2.05, 4.69) is 15.4 Å². The van der Waals surface area contributed by atoms with Crippen molar-refractivity contribution in [3.63, 3.8) is 0 Å². The number of anilines is 1. The molecule has 6 nitrogen and oxygen atoms in total. The van der Waals surface area contributed by atoms with Crippen LogP contribution in [0.3, 0.4) is 0 Å². The highest BCUT2D eigenvalue weighted by Crippen LogP contribution is 2.27. The number of benzene rings is 2. The van der Waals surface area contributed by atoms with Gasteiger partial charge in [-0.1, -0.05) is 36.5 Å². The molecule has 2 aromatic carbocycles. The van der Waals surface area contributed by atoms with Crippen LogP contribution in [0.5, 0.6) is 0 Å². The van der Waals surface area contributed by atoms with Crippen molar-refractivity contribution in [3.8, 4) is 0 Å². The van der Waals surface area contributed by atoms with Crippen molar-refractivity contribution in [2.75, 3.05) is 5.32 Å². The zero-order valence-corrected chi connectivity index (χ0v) is 15.2. The maximum Gasteiger partial charge on any atom is 0.278 e. The largest absolute Gasteiger partial charge is 0.296 e. The molecule has 0 bridgehead atoms. The lowest BCUT2D eigenvalue weighted by molar-refractivity contribution is 0.102. The highest BCUT2D eigenvalue weighted by atomic mass is 32.1. The molecule has 2 aromatic heterocycles. The van der Waals surface area contributed by atoms with Gasteiger partial charge in [0.1, 0.15) is 5.82 Å². The van der Waals surface area contributed by atoms with Gasteiger partial charge in [0.15, 0.2) is 10.8 Å². The van der Waals surface area contributed by atoms with Gasteiger partial charge in [-0.05, 0) is 30.7 Å². The molecule has 2 heterocycles. The molecule has 0 saturated heterocycles. The van der Waals surface area contributed by atoms with Gasteiger partial charge in [-0.15, -0.1) is 0 Å². The Labute approximate surface area is 157 Å². The molecule has 4 aromatic rings.